The molecule has 2 aromatic rings. The van der Waals surface area contributed by atoms with Crippen molar-refractivity contribution in [3.8, 4) is 0 Å². The van der Waals surface area contributed by atoms with Gasteiger partial charge in [0.15, 0.2) is 0 Å². The first-order valence-corrected chi connectivity index (χ1v) is 7.46. The molecule has 0 aliphatic heterocycles. The first-order chi connectivity index (χ1) is 10.1. The van der Waals surface area contributed by atoms with Crippen molar-refractivity contribution in [2.75, 3.05) is 20.6 Å². The number of nitrogens with zero attached hydrogens (tertiary/aromatic N) is 3. The van der Waals surface area contributed by atoms with Crippen LogP contribution in [0, 0.1) is 0 Å². The highest BCUT2D eigenvalue weighted by Crippen LogP contribution is 2.35. The minimum absolute atomic E-state index is 0.0247. The summed E-state index contributed by atoms with van der Waals surface area (Å²) in [4.78, 5) is 18.9. The molecular formula is C16H22N4O. The molecule has 0 unspecified atom stereocenters. The van der Waals surface area contributed by atoms with E-state index in [-0.39, 0.29) is 11.1 Å². The molecule has 1 N–H and O–H groups in total. The Morgan fingerprint density at radius 2 is 2.19 bits per heavy atom. The predicted octanol–water partition coefficient (Wildman–Crippen LogP) is 1.27. The van der Waals surface area contributed by atoms with Crippen LogP contribution in [0.25, 0.3) is 5.65 Å². The molecule has 0 bridgehead atoms. The summed E-state index contributed by atoms with van der Waals surface area (Å²) in [6.07, 6.45) is 5.52. The van der Waals surface area contributed by atoms with Crippen LogP contribution in [0.15, 0.2) is 35.3 Å². The normalized spacial score (nSPS) is 17.1. The summed E-state index contributed by atoms with van der Waals surface area (Å²) < 4.78 is 1.57. The summed E-state index contributed by atoms with van der Waals surface area (Å²) in [5.74, 6) is 0. The van der Waals surface area contributed by atoms with Crippen molar-refractivity contribution in [3.63, 3.8) is 0 Å². The van der Waals surface area contributed by atoms with Crippen LogP contribution in [-0.4, -0.2) is 40.5 Å². The molecule has 0 aromatic carbocycles. The first-order valence-electron chi connectivity index (χ1n) is 7.46. The van der Waals surface area contributed by atoms with Gasteiger partial charge < -0.3 is 10.2 Å². The van der Waals surface area contributed by atoms with Crippen LogP contribution in [0.4, 0.5) is 0 Å². The van der Waals surface area contributed by atoms with Crippen molar-refractivity contribution in [3.05, 3.63) is 46.5 Å². The lowest BCUT2D eigenvalue weighted by Crippen LogP contribution is -2.56. The average molecular weight is 286 g/mol. The van der Waals surface area contributed by atoms with E-state index in [1.165, 1.54) is 19.3 Å². The van der Waals surface area contributed by atoms with Gasteiger partial charge in [0.25, 0.3) is 5.56 Å². The topological polar surface area (TPSA) is 49.6 Å². The van der Waals surface area contributed by atoms with Crippen LogP contribution in [-0.2, 0) is 6.54 Å². The van der Waals surface area contributed by atoms with E-state index in [9.17, 15) is 4.79 Å². The van der Waals surface area contributed by atoms with Crippen LogP contribution in [0.3, 0.4) is 0 Å². The SMILES string of the molecule is CN(C)C1(CNCc2cc(=O)n3ccccc3n2)CCC1. The van der Waals surface area contributed by atoms with Gasteiger partial charge in [0.05, 0.1) is 5.69 Å². The van der Waals surface area contributed by atoms with Gasteiger partial charge in [0, 0.05) is 30.9 Å². The summed E-state index contributed by atoms with van der Waals surface area (Å²) in [5, 5.41) is 3.47. The monoisotopic (exact) mass is 286 g/mol. The molecule has 112 valence electrons. The van der Waals surface area contributed by atoms with Crippen LogP contribution in [0.5, 0.6) is 0 Å². The molecule has 1 saturated carbocycles. The Morgan fingerprint density at radius 3 is 2.86 bits per heavy atom. The molecule has 2 heterocycles. The maximum Gasteiger partial charge on any atom is 0.258 e. The first kappa shape index (κ1) is 14.2. The van der Waals surface area contributed by atoms with E-state index >= 15 is 0 Å². The van der Waals surface area contributed by atoms with Crippen molar-refractivity contribution in [1.29, 1.82) is 0 Å². The van der Waals surface area contributed by atoms with Crippen molar-refractivity contribution >= 4 is 5.65 Å². The van der Waals surface area contributed by atoms with Gasteiger partial charge >= 0.3 is 0 Å². The molecule has 0 saturated heterocycles. The van der Waals surface area contributed by atoms with Crippen molar-refractivity contribution in [1.82, 2.24) is 19.6 Å². The van der Waals surface area contributed by atoms with E-state index in [1.807, 2.05) is 18.2 Å². The van der Waals surface area contributed by atoms with Gasteiger partial charge in [0.1, 0.15) is 5.65 Å². The average Bonchev–Trinajstić information content (AvgIpc) is 2.41. The van der Waals surface area contributed by atoms with Crippen LogP contribution in [0.1, 0.15) is 25.0 Å². The predicted molar refractivity (Wildman–Crippen MR) is 83.4 cm³/mol. The minimum atomic E-state index is -0.0247. The molecule has 1 aliphatic rings. The zero-order valence-electron chi connectivity index (χ0n) is 12.7. The van der Waals surface area contributed by atoms with Gasteiger partial charge in [-0.25, -0.2) is 4.98 Å². The number of hydrogen-bond acceptors (Lipinski definition) is 4. The van der Waals surface area contributed by atoms with Crippen molar-refractivity contribution < 1.29 is 0 Å². The van der Waals surface area contributed by atoms with Crippen molar-refractivity contribution in [2.45, 2.75) is 31.3 Å². The Kier molecular flexibility index (Phi) is 3.78. The number of rotatable bonds is 5. The molecule has 2 aromatic heterocycles. The number of aromatic nitrogens is 2. The number of nitrogens with one attached hydrogen (secondary N) is 1. The molecule has 0 spiro atoms. The van der Waals surface area contributed by atoms with E-state index in [1.54, 1.807) is 16.7 Å². The zero-order chi connectivity index (χ0) is 14.9. The molecule has 3 rings (SSSR count). The summed E-state index contributed by atoms with van der Waals surface area (Å²) in [7, 11) is 4.28. The number of hydrogen-bond donors (Lipinski definition) is 1. The lowest BCUT2D eigenvalue weighted by molar-refractivity contribution is 0.0597. The molecule has 0 amide bonds. The summed E-state index contributed by atoms with van der Waals surface area (Å²) in [6.45, 7) is 1.58. The highest BCUT2D eigenvalue weighted by atomic mass is 16.1. The largest absolute Gasteiger partial charge is 0.309 e. The van der Waals surface area contributed by atoms with Gasteiger partial charge in [-0.3, -0.25) is 9.20 Å². The number of likely N-dealkylation sites (N-methyl/N-ethyl adjacent to an activating group) is 1. The maximum atomic E-state index is 12.0. The third kappa shape index (κ3) is 2.71. The van der Waals surface area contributed by atoms with Crippen LogP contribution < -0.4 is 10.9 Å². The van der Waals surface area contributed by atoms with E-state index in [0.717, 1.165) is 12.2 Å². The van der Waals surface area contributed by atoms with Gasteiger partial charge in [0.2, 0.25) is 0 Å². The fraction of sp³-hybridized carbons (Fsp3) is 0.500. The molecule has 0 radical (unpaired) electrons. The molecule has 5 heteroatoms. The Bertz CT molecular complexity index is 688. The van der Waals surface area contributed by atoms with E-state index in [0.29, 0.717) is 12.2 Å². The van der Waals surface area contributed by atoms with E-state index < -0.39 is 0 Å². The van der Waals surface area contributed by atoms with E-state index in [2.05, 4.69) is 29.3 Å². The highest BCUT2D eigenvalue weighted by molar-refractivity contribution is 5.37. The maximum absolute atomic E-state index is 12.0. The van der Waals surface area contributed by atoms with Gasteiger partial charge in [-0.05, 0) is 45.5 Å². The second kappa shape index (κ2) is 5.58. The molecule has 21 heavy (non-hydrogen) atoms. The van der Waals surface area contributed by atoms with Crippen LogP contribution >= 0.6 is 0 Å². The molecular weight excluding hydrogens is 264 g/mol. The molecule has 5 nitrogen and oxygen atoms in total. The second-order valence-corrected chi connectivity index (χ2v) is 6.09. The Labute approximate surface area is 124 Å². The van der Waals surface area contributed by atoms with Gasteiger partial charge in [-0.1, -0.05) is 6.07 Å². The summed E-state index contributed by atoms with van der Waals surface area (Å²) in [5.41, 5.74) is 1.77. The molecule has 1 fully saturated rings. The standard InChI is InChI=1S/C16H22N4O/c1-19(2)16(7-5-8-16)12-17-11-13-10-15(21)20-9-4-3-6-14(20)18-13/h3-4,6,9-10,17H,5,7-8,11-12H2,1-2H3. The van der Waals surface area contributed by atoms with Crippen LogP contribution in [0.2, 0.25) is 0 Å². The summed E-state index contributed by atoms with van der Waals surface area (Å²) >= 11 is 0. The second-order valence-electron chi connectivity index (χ2n) is 6.09. The lowest BCUT2D eigenvalue weighted by Gasteiger charge is -2.47. The summed E-state index contributed by atoms with van der Waals surface area (Å²) in [6, 6.07) is 7.21. The Hall–Kier alpha value is -1.72. The molecule has 0 atom stereocenters. The van der Waals surface area contributed by atoms with Gasteiger partial charge in [-0.2, -0.15) is 0 Å². The zero-order valence-corrected chi connectivity index (χ0v) is 12.7. The third-order valence-electron chi connectivity index (χ3n) is 4.62. The quantitative estimate of drug-likeness (QED) is 0.899. The number of fused-ring (bicyclic) bond motifs is 1. The fourth-order valence-corrected chi connectivity index (χ4v) is 2.98. The smallest absolute Gasteiger partial charge is 0.258 e. The number of pyridine rings is 1. The fourth-order valence-electron chi connectivity index (χ4n) is 2.98. The van der Waals surface area contributed by atoms with Crippen molar-refractivity contribution in [2.24, 2.45) is 0 Å². The Balaban J connectivity index is 1.70. The highest BCUT2D eigenvalue weighted by Gasteiger charge is 2.38. The minimum Gasteiger partial charge on any atom is -0.309 e. The Morgan fingerprint density at radius 1 is 1.38 bits per heavy atom. The van der Waals surface area contributed by atoms with Gasteiger partial charge in [-0.15, -0.1) is 0 Å². The van der Waals surface area contributed by atoms with E-state index in [4.69, 9.17) is 0 Å². The third-order valence-corrected chi connectivity index (χ3v) is 4.62. The molecule has 1 aliphatic carbocycles. The lowest BCUT2D eigenvalue weighted by atomic mass is 9.75.